The molecule has 4 aliphatic carbocycles. The molecule has 0 aliphatic heterocycles. The maximum absolute atomic E-state index is 12.5. The third-order valence-corrected chi connectivity index (χ3v) is 7.01. The van der Waals surface area contributed by atoms with Crippen LogP contribution in [0.25, 0.3) is 0 Å². The quantitative estimate of drug-likeness (QED) is 0.928. The molecule has 4 aliphatic rings. The molecule has 0 radical (unpaired) electrons. The Morgan fingerprint density at radius 3 is 2.32 bits per heavy atom. The first-order chi connectivity index (χ1) is 12.1. The van der Waals surface area contributed by atoms with E-state index in [0.29, 0.717) is 5.92 Å². The minimum Gasteiger partial charge on any atom is -0.490 e. The Bertz CT molecular complexity index is 805. The monoisotopic (exact) mass is 333 g/mol. The average Bonchev–Trinajstić information content (AvgIpc) is 3.01. The predicted molar refractivity (Wildman–Crippen MR) is 96.1 cm³/mol. The van der Waals surface area contributed by atoms with Gasteiger partial charge in [-0.3, -0.25) is 4.79 Å². The van der Waals surface area contributed by atoms with Crippen molar-refractivity contribution >= 4 is 5.91 Å². The number of para-hydroxylation sites is 1. The van der Waals surface area contributed by atoms with E-state index in [0.717, 1.165) is 31.4 Å². The smallest absolute Gasteiger partial charge is 0.224 e. The van der Waals surface area contributed by atoms with Gasteiger partial charge >= 0.3 is 0 Å². The van der Waals surface area contributed by atoms with Crippen LogP contribution in [0.3, 0.4) is 0 Å². The number of primary amides is 1. The van der Waals surface area contributed by atoms with Crippen LogP contribution < -0.4 is 10.5 Å². The van der Waals surface area contributed by atoms with Gasteiger partial charge in [-0.2, -0.15) is 0 Å². The van der Waals surface area contributed by atoms with E-state index in [9.17, 15) is 4.79 Å². The van der Waals surface area contributed by atoms with Crippen molar-refractivity contribution < 1.29 is 9.53 Å². The van der Waals surface area contributed by atoms with Gasteiger partial charge in [-0.1, -0.05) is 48.5 Å². The molecule has 4 saturated carbocycles. The minimum absolute atomic E-state index is 0.0976. The van der Waals surface area contributed by atoms with Crippen LogP contribution in [-0.4, -0.2) is 12.0 Å². The molecule has 4 fully saturated rings. The van der Waals surface area contributed by atoms with Crippen molar-refractivity contribution in [1.82, 2.24) is 0 Å². The third kappa shape index (κ3) is 2.01. The summed E-state index contributed by atoms with van der Waals surface area (Å²) in [7, 11) is 0. The van der Waals surface area contributed by atoms with Crippen LogP contribution in [0.1, 0.15) is 31.2 Å². The summed E-state index contributed by atoms with van der Waals surface area (Å²) in [6.07, 6.45) is 3.98. The summed E-state index contributed by atoms with van der Waals surface area (Å²) < 4.78 is 6.39. The molecule has 5 atom stereocenters. The highest BCUT2D eigenvalue weighted by atomic mass is 16.5. The second-order valence-electron chi connectivity index (χ2n) is 8.22. The highest BCUT2D eigenvalue weighted by Gasteiger charge is 2.71. The van der Waals surface area contributed by atoms with Crippen LogP contribution in [0.5, 0.6) is 5.75 Å². The molecule has 3 heteroatoms. The number of ether oxygens (including phenoxy) is 1. The van der Waals surface area contributed by atoms with E-state index in [2.05, 4.69) is 30.3 Å². The first-order valence-corrected chi connectivity index (χ1v) is 9.20. The molecule has 2 aromatic rings. The molecule has 1 amide bonds. The third-order valence-electron chi connectivity index (χ3n) is 7.01. The molecule has 6 rings (SSSR count). The lowest BCUT2D eigenvalue weighted by molar-refractivity contribution is -0.129. The van der Waals surface area contributed by atoms with E-state index in [4.69, 9.17) is 10.5 Å². The number of hydrogen-bond acceptors (Lipinski definition) is 2. The molecule has 0 saturated heterocycles. The zero-order valence-corrected chi connectivity index (χ0v) is 14.2. The lowest BCUT2D eigenvalue weighted by Gasteiger charge is -2.42. The molecule has 128 valence electrons. The van der Waals surface area contributed by atoms with Gasteiger partial charge in [0.2, 0.25) is 5.91 Å². The molecular formula is C22H23NO2. The Hall–Kier alpha value is -2.29. The van der Waals surface area contributed by atoms with Gasteiger partial charge in [-0.25, -0.2) is 0 Å². The summed E-state index contributed by atoms with van der Waals surface area (Å²) >= 11 is 0. The van der Waals surface area contributed by atoms with Crippen molar-refractivity contribution in [2.45, 2.75) is 37.2 Å². The summed E-state index contributed by atoms with van der Waals surface area (Å²) in [6, 6.07) is 20.7. The van der Waals surface area contributed by atoms with Gasteiger partial charge in [-0.15, -0.1) is 0 Å². The van der Waals surface area contributed by atoms with Crippen molar-refractivity contribution in [2.75, 3.05) is 0 Å². The molecule has 4 bridgehead atoms. The Labute approximate surface area is 148 Å². The van der Waals surface area contributed by atoms with Crippen molar-refractivity contribution in [3.8, 4) is 5.75 Å². The normalized spacial score (nSPS) is 38.0. The Morgan fingerprint density at radius 2 is 1.64 bits per heavy atom. The summed E-state index contributed by atoms with van der Waals surface area (Å²) in [5.41, 5.74) is 7.03. The summed E-state index contributed by atoms with van der Waals surface area (Å²) in [5, 5.41) is 0. The van der Waals surface area contributed by atoms with Gasteiger partial charge in [0.1, 0.15) is 11.9 Å². The zero-order chi connectivity index (χ0) is 17.1. The molecule has 0 aromatic heterocycles. The molecule has 2 N–H and O–H groups in total. The van der Waals surface area contributed by atoms with Gasteiger partial charge in [-0.05, 0) is 54.7 Å². The average molecular weight is 333 g/mol. The first kappa shape index (κ1) is 15.0. The Balaban J connectivity index is 1.52. The van der Waals surface area contributed by atoms with Gasteiger partial charge < -0.3 is 10.5 Å². The zero-order valence-electron chi connectivity index (χ0n) is 14.2. The van der Waals surface area contributed by atoms with Gasteiger partial charge in [0, 0.05) is 5.92 Å². The Morgan fingerprint density at radius 1 is 0.960 bits per heavy atom. The van der Waals surface area contributed by atoms with E-state index in [-0.39, 0.29) is 23.3 Å². The fourth-order valence-corrected chi connectivity index (χ4v) is 6.17. The SMILES string of the molecule is NC(=O)C12CC3CC(c4ccccc4)(CC1C3Oc1ccccc1)C2. The highest BCUT2D eigenvalue weighted by molar-refractivity contribution is 5.83. The van der Waals surface area contributed by atoms with Crippen molar-refractivity contribution in [1.29, 1.82) is 0 Å². The molecule has 0 heterocycles. The molecule has 5 unspecified atom stereocenters. The van der Waals surface area contributed by atoms with Crippen LogP contribution >= 0.6 is 0 Å². The summed E-state index contributed by atoms with van der Waals surface area (Å²) in [4.78, 5) is 12.5. The maximum atomic E-state index is 12.5. The van der Waals surface area contributed by atoms with Crippen molar-refractivity contribution in [3.63, 3.8) is 0 Å². The lowest BCUT2D eigenvalue weighted by atomic mass is 9.63. The summed E-state index contributed by atoms with van der Waals surface area (Å²) in [5.74, 6) is 1.40. The van der Waals surface area contributed by atoms with E-state index in [1.165, 1.54) is 5.56 Å². The van der Waals surface area contributed by atoms with Gasteiger partial charge in [0.05, 0.1) is 5.41 Å². The van der Waals surface area contributed by atoms with Crippen LogP contribution in [0.15, 0.2) is 60.7 Å². The first-order valence-electron chi connectivity index (χ1n) is 9.20. The number of benzene rings is 2. The van der Waals surface area contributed by atoms with E-state index in [1.807, 2.05) is 30.3 Å². The molecule has 2 aromatic carbocycles. The number of carbonyl (C=O) groups excluding carboxylic acids is 1. The van der Waals surface area contributed by atoms with Crippen LogP contribution in [0.4, 0.5) is 0 Å². The maximum Gasteiger partial charge on any atom is 0.224 e. The number of rotatable bonds is 4. The van der Waals surface area contributed by atoms with Crippen molar-refractivity contribution in [2.24, 2.45) is 23.0 Å². The van der Waals surface area contributed by atoms with E-state index < -0.39 is 5.41 Å². The van der Waals surface area contributed by atoms with Crippen LogP contribution in [-0.2, 0) is 10.2 Å². The number of nitrogens with two attached hydrogens (primary N) is 1. The molecular weight excluding hydrogens is 310 g/mol. The standard InChI is InChI=1S/C22H23NO2/c23-20(24)22-12-15-11-21(14-22,16-7-3-1-4-8-16)13-18(22)19(15)25-17-9-5-2-6-10-17/h1-10,15,18-19H,11-14H2,(H2,23,24). The van der Waals surface area contributed by atoms with Gasteiger partial charge in [0.25, 0.3) is 0 Å². The number of carbonyl (C=O) groups is 1. The molecule has 0 spiro atoms. The fourth-order valence-electron chi connectivity index (χ4n) is 6.17. The van der Waals surface area contributed by atoms with Crippen molar-refractivity contribution in [3.05, 3.63) is 66.2 Å². The van der Waals surface area contributed by atoms with E-state index in [1.54, 1.807) is 0 Å². The largest absolute Gasteiger partial charge is 0.490 e. The topological polar surface area (TPSA) is 52.3 Å². The molecule has 3 nitrogen and oxygen atoms in total. The fraction of sp³-hybridized carbons (Fsp3) is 0.409. The minimum atomic E-state index is -0.391. The summed E-state index contributed by atoms with van der Waals surface area (Å²) in [6.45, 7) is 0. The predicted octanol–water partition coefficient (Wildman–Crippen LogP) is 3.68. The number of amides is 1. The second kappa shape index (κ2) is 5.10. The number of hydrogen-bond donors (Lipinski definition) is 1. The van der Waals surface area contributed by atoms with Crippen LogP contribution in [0, 0.1) is 17.3 Å². The Kier molecular flexibility index (Phi) is 3.06. The van der Waals surface area contributed by atoms with Gasteiger partial charge in [0.15, 0.2) is 0 Å². The lowest BCUT2D eigenvalue weighted by Crippen LogP contribution is -2.41. The highest BCUT2D eigenvalue weighted by Crippen LogP contribution is 2.71. The van der Waals surface area contributed by atoms with E-state index >= 15 is 0 Å². The second-order valence-corrected chi connectivity index (χ2v) is 8.22. The molecule has 25 heavy (non-hydrogen) atoms. The van der Waals surface area contributed by atoms with Crippen LogP contribution in [0.2, 0.25) is 0 Å².